The number of aromatic amines is 1. The second kappa shape index (κ2) is 5.58. The number of Topliss-reactive ketones (excluding diaryl/α,β-unsaturated/α-hetero) is 1. The highest BCUT2D eigenvalue weighted by atomic mass is 19.4. The van der Waals surface area contributed by atoms with E-state index in [0.717, 1.165) is 6.92 Å². The predicted octanol–water partition coefficient (Wildman–Crippen LogP) is -0.845. The maximum atomic E-state index is 12.8. The Labute approximate surface area is 126 Å². The smallest absolute Gasteiger partial charge is 0.394 e. The van der Waals surface area contributed by atoms with Gasteiger partial charge in [-0.25, -0.2) is 4.79 Å². The standard InChI is InChI=1S/C12H13F3N2O6/c1-5(19)11(22)2-8(23-7(11)4-18)17-3-6(12(13,14)15)9(20)16-10(17)21/h3,7-8,18,22H,2,4H2,1H3,(H,16,20,21)/t7-,8-,11-/m1/s1. The summed E-state index contributed by atoms with van der Waals surface area (Å²) >= 11 is 0. The average Bonchev–Trinajstić information content (AvgIpc) is 2.75. The highest BCUT2D eigenvalue weighted by Crippen LogP contribution is 2.37. The number of aliphatic hydroxyl groups is 2. The zero-order valence-electron chi connectivity index (χ0n) is 11.8. The van der Waals surface area contributed by atoms with Crippen molar-refractivity contribution < 1.29 is 32.9 Å². The Hall–Kier alpha value is -1.98. The van der Waals surface area contributed by atoms with Crippen LogP contribution in [-0.4, -0.2) is 43.9 Å². The molecular weight excluding hydrogens is 325 g/mol. The summed E-state index contributed by atoms with van der Waals surface area (Å²) in [6.07, 6.45) is -8.15. The Morgan fingerprint density at radius 3 is 2.57 bits per heavy atom. The number of aromatic nitrogens is 2. The fourth-order valence-corrected chi connectivity index (χ4v) is 2.38. The second-order valence-electron chi connectivity index (χ2n) is 5.15. The number of carbonyl (C=O) groups is 1. The number of rotatable bonds is 3. The molecule has 0 saturated carbocycles. The van der Waals surface area contributed by atoms with Crippen LogP contribution in [0.4, 0.5) is 13.2 Å². The van der Waals surface area contributed by atoms with Gasteiger partial charge in [-0.1, -0.05) is 0 Å². The lowest BCUT2D eigenvalue weighted by Crippen LogP contribution is -2.46. The first-order chi connectivity index (χ1) is 10.5. The van der Waals surface area contributed by atoms with Gasteiger partial charge in [-0.3, -0.25) is 19.1 Å². The maximum absolute atomic E-state index is 12.8. The Morgan fingerprint density at radius 2 is 2.13 bits per heavy atom. The van der Waals surface area contributed by atoms with Gasteiger partial charge in [-0.2, -0.15) is 13.2 Å². The highest BCUT2D eigenvalue weighted by molar-refractivity contribution is 5.85. The summed E-state index contributed by atoms with van der Waals surface area (Å²) in [7, 11) is 0. The summed E-state index contributed by atoms with van der Waals surface area (Å²) in [5, 5.41) is 19.3. The van der Waals surface area contributed by atoms with Crippen LogP contribution in [0.2, 0.25) is 0 Å². The number of nitrogens with zero attached hydrogens (tertiary/aromatic N) is 1. The van der Waals surface area contributed by atoms with Crippen molar-refractivity contribution in [3.05, 3.63) is 32.6 Å². The van der Waals surface area contributed by atoms with Gasteiger partial charge >= 0.3 is 11.9 Å². The van der Waals surface area contributed by atoms with Crippen LogP contribution in [0.3, 0.4) is 0 Å². The minimum Gasteiger partial charge on any atom is -0.394 e. The molecule has 0 bridgehead atoms. The summed E-state index contributed by atoms with van der Waals surface area (Å²) in [6.45, 7) is 0.238. The zero-order valence-corrected chi connectivity index (χ0v) is 11.8. The monoisotopic (exact) mass is 338 g/mol. The molecule has 8 nitrogen and oxygen atoms in total. The summed E-state index contributed by atoms with van der Waals surface area (Å²) < 4.78 is 43.8. The third-order valence-electron chi connectivity index (χ3n) is 3.70. The number of H-pyrrole nitrogens is 1. The summed E-state index contributed by atoms with van der Waals surface area (Å²) in [6, 6.07) is 0. The van der Waals surface area contributed by atoms with Crippen molar-refractivity contribution in [3.8, 4) is 0 Å². The predicted molar refractivity (Wildman–Crippen MR) is 67.6 cm³/mol. The van der Waals surface area contributed by atoms with E-state index in [4.69, 9.17) is 9.84 Å². The molecule has 2 heterocycles. The first-order valence-corrected chi connectivity index (χ1v) is 6.43. The minimum absolute atomic E-state index is 0.256. The summed E-state index contributed by atoms with van der Waals surface area (Å²) in [4.78, 5) is 36.0. The van der Waals surface area contributed by atoms with Crippen molar-refractivity contribution in [1.29, 1.82) is 0 Å². The van der Waals surface area contributed by atoms with E-state index in [9.17, 15) is 32.7 Å². The molecule has 1 fully saturated rings. The van der Waals surface area contributed by atoms with Gasteiger partial charge in [0.15, 0.2) is 11.4 Å². The summed E-state index contributed by atoms with van der Waals surface area (Å²) in [5.41, 5.74) is -6.58. The molecule has 0 unspecified atom stereocenters. The first-order valence-electron chi connectivity index (χ1n) is 6.43. The Balaban J connectivity index is 2.50. The van der Waals surface area contributed by atoms with Crippen LogP contribution in [0, 0.1) is 0 Å². The lowest BCUT2D eigenvalue weighted by atomic mass is 9.91. The average molecular weight is 338 g/mol. The largest absolute Gasteiger partial charge is 0.423 e. The molecule has 1 saturated heterocycles. The minimum atomic E-state index is -5.01. The van der Waals surface area contributed by atoms with Gasteiger partial charge in [0.25, 0.3) is 5.56 Å². The van der Waals surface area contributed by atoms with Crippen LogP contribution in [-0.2, 0) is 15.7 Å². The van der Waals surface area contributed by atoms with Crippen LogP contribution < -0.4 is 11.2 Å². The van der Waals surface area contributed by atoms with Crippen LogP contribution in [0.5, 0.6) is 0 Å². The van der Waals surface area contributed by atoms with Crippen LogP contribution in [0.25, 0.3) is 0 Å². The fraction of sp³-hybridized carbons (Fsp3) is 0.583. The van der Waals surface area contributed by atoms with Crippen LogP contribution >= 0.6 is 0 Å². The van der Waals surface area contributed by atoms with E-state index in [1.165, 1.54) is 4.98 Å². The third kappa shape index (κ3) is 2.94. The number of nitrogens with one attached hydrogen (secondary N) is 1. The molecule has 128 valence electrons. The molecule has 0 aliphatic carbocycles. The maximum Gasteiger partial charge on any atom is 0.423 e. The van der Waals surface area contributed by atoms with E-state index >= 15 is 0 Å². The van der Waals surface area contributed by atoms with Crippen LogP contribution in [0.1, 0.15) is 25.1 Å². The number of ether oxygens (including phenoxy) is 1. The summed E-state index contributed by atoms with van der Waals surface area (Å²) in [5.74, 6) is -0.771. The molecular formula is C12H13F3N2O6. The van der Waals surface area contributed by atoms with Gasteiger partial charge in [-0.15, -0.1) is 0 Å². The fourth-order valence-electron chi connectivity index (χ4n) is 2.38. The van der Waals surface area contributed by atoms with E-state index in [-0.39, 0.29) is 6.20 Å². The molecule has 3 atom stereocenters. The molecule has 1 aromatic heterocycles. The third-order valence-corrected chi connectivity index (χ3v) is 3.70. The SMILES string of the molecule is CC(=O)[C@]1(O)C[C@H](n2cc(C(F)(F)F)c(=O)[nH]c2=O)O[C@@H]1CO. The lowest BCUT2D eigenvalue weighted by molar-refractivity contribution is -0.144. The Bertz CT molecular complexity index is 740. The van der Waals surface area contributed by atoms with E-state index in [2.05, 4.69) is 0 Å². The Morgan fingerprint density at radius 1 is 1.52 bits per heavy atom. The quantitative estimate of drug-likeness (QED) is 0.660. The number of hydrogen-bond donors (Lipinski definition) is 3. The highest BCUT2D eigenvalue weighted by Gasteiger charge is 2.51. The van der Waals surface area contributed by atoms with E-state index in [0.29, 0.717) is 4.57 Å². The van der Waals surface area contributed by atoms with Gasteiger partial charge < -0.3 is 14.9 Å². The van der Waals surface area contributed by atoms with Crippen molar-refractivity contribution in [2.75, 3.05) is 6.61 Å². The molecule has 0 radical (unpaired) electrons. The van der Waals surface area contributed by atoms with E-state index in [1.807, 2.05) is 0 Å². The number of halogens is 3. The molecule has 11 heteroatoms. The lowest BCUT2D eigenvalue weighted by Gasteiger charge is -2.23. The molecule has 1 aromatic rings. The first kappa shape index (κ1) is 17.4. The normalized spacial score (nSPS) is 28.1. The van der Waals surface area contributed by atoms with Gasteiger partial charge in [0.2, 0.25) is 0 Å². The number of alkyl halides is 3. The molecule has 1 aliphatic rings. The molecule has 2 rings (SSSR count). The molecule has 1 aliphatic heterocycles. The van der Waals surface area contributed by atoms with Gasteiger partial charge in [-0.05, 0) is 6.92 Å². The second-order valence-corrected chi connectivity index (χ2v) is 5.15. The van der Waals surface area contributed by atoms with Crippen molar-refractivity contribution in [2.24, 2.45) is 0 Å². The number of carbonyl (C=O) groups excluding carboxylic acids is 1. The van der Waals surface area contributed by atoms with Crippen molar-refractivity contribution in [2.45, 2.75) is 37.5 Å². The van der Waals surface area contributed by atoms with Crippen molar-refractivity contribution >= 4 is 5.78 Å². The van der Waals surface area contributed by atoms with Gasteiger partial charge in [0, 0.05) is 12.6 Å². The number of ketones is 1. The van der Waals surface area contributed by atoms with Gasteiger partial charge in [0.05, 0.1) is 6.61 Å². The molecule has 23 heavy (non-hydrogen) atoms. The zero-order chi connectivity index (χ0) is 17.6. The topological polar surface area (TPSA) is 122 Å². The molecule has 0 spiro atoms. The van der Waals surface area contributed by atoms with Gasteiger partial charge in [0.1, 0.15) is 17.9 Å². The van der Waals surface area contributed by atoms with Crippen molar-refractivity contribution in [1.82, 2.24) is 9.55 Å². The van der Waals surface area contributed by atoms with E-state index in [1.54, 1.807) is 0 Å². The van der Waals surface area contributed by atoms with E-state index < -0.39 is 59.7 Å². The Kier molecular flexibility index (Phi) is 4.22. The number of hydrogen-bond acceptors (Lipinski definition) is 6. The van der Waals surface area contributed by atoms with Crippen molar-refractivity contribution in [3.63, 3.8) is 0 Å². The molecule has 0 aromatic carbocycles. The molecule has 3 N–H and O–H groups in total. The van der Waals surface area contributed by atoms with Crippen LogP contribution in [0.15, 0.2) is 15.8 Å². The number of aliphatic hydroxyl groups excluding tert-OH is 1. The molecule has 0 amide bonds.